The zero-order valence-corrected chi connectivity index (χ0v) is 15.9. The van der Waals surface area contributed by atoms with Gasteiger partial charge in [-0.15, -0.1) is 10.2 Å². The molecule has 0 fully saturated rings. The van der Waals surface area contributed by atoms with E-state index in [2.05, 4.69) is 15.5 Å². The molecule has 0 aliphatic rings. The van der Waals surface area contributed by atoms with Crippen molar-refractivity contribution in [3.63, 3.8) is 0 Å². The number of methoxy groups -OCH3 is 1. The van der Waals surface area contributed by atoms with E-state index in [1.807, 2.05) is 72.8 Å². The Bertz CT molecular complexity index is 1170. The number of carbonyl (C=O) groups is 1. The van der Waals surface area contributed by atoms with Gasteiger partial charge in [-0.2, -0.15) is 0 Å². The second-order valence-electron chi connectivity index (χ2n) is 6.64. The minimum Gasteiger partial charge on any atom is -0.497 e. The predicted octanol–water partition coefficient (Wildman–Crippen LogP) is 4.08. The minimum atomic E-state index is -0.351. The molecule has 0 spiro atoms. The van der Waals surface area contributed by atoms with Crippen LogP contribution in [0.4, 0.5) is 11.5 Å². The summed E-state index contributed by atoms with van der Waals surface area (Å²) >= 11 is 0. The quantitative estimate of drug-likeness (QED) is 0.523. The number of nitrogens with one attached hydrogen (secondary N) is 1. The Labute approximate surface area is 168 Å². The van der Waals surface area contributed by atoms with Crippen molar-refractivity contribution in [3.8, 4) is 17.0 Å². The highest BCUT2D eigenvalue weighted by atomic mass is 16.5. The van der Waals surface area contributed by atoms with E-state index in [-0.39, 0.29) is 12.3 Å². The smallest absolute Gasteiger partial charge is 0.221 e. The van der Waals surface area contributed by atoms with Gasteiger partial charge in [0.15, 0.2) is 5.82 Å². The number of ether oxygens (including phenoxy) is 1. The number of primary amides is 1. The number of anilines is 2. The van der Waals surface area contributed by atoms with E-state index in [9.17, 15) is 4.79 Å². The second kappa shape index (κ2) is 7.98. The first-order valence-electron chi connectivity index (χ1n) is 9.18. The van der Waals surface area contributed by atoms with Crippen LogP contribution in [0.1, 0.15) is 5.56 Å². The molecule has 3 N–H and O–H groups in total. The van der Waals surface area contributed by atoms with Gasteiger partial charge in [0, 0.05) is 22.0 Å². The van der Waals surface area contributed by atoms with Crippen molar-refractivity contribution >= 4 is 28.2 Å². The molecule has 1 heterocycles. The van der Waals surface area contributed by atoms with Gasteiger partial charge in [-0.05, 0) is 29.8 Å². The SMILES string of the molecule is COc1cccc(-c2nnc(Nc3ccc(CC(N)=O)cc3)c3ccccc23)c1. The summed E-state index contributed by atoms with van der Waals surface area (Å²) in [6, 6.07) is 23.3. The van der Waals surface area contributed by atoms with Gasteiger partial charge in [0.1, 0.15) is 11.4 Å². The molecule has 0 saturated heterocycles. The normalized spacial score (nSPS) is 10.7. The molecule has 6 heteroatoms. The number of rotatable bonds is 6. The van der Waals surface area contributed by atoms with Gasteiger partial charge >= 0.3 is 0 Å². The lowest BCUT2D eigenvalue weighted by atomic mass is 10.0. The average Bonchev–Trinajstić information content (AvgIpc) is 2.75. The van der Waals surface area contributed by atoms with E-state index >= 15 is 0 Å². The summed E-state index contributed by atoms with van der Waals surface area (Å²) in [5, 5.41) is 14.2. The number of nitrogens with two attached hydrogens (primary N) is 1. The Morgan fingerprint density at radius 1 is 0.966 bits per heavy atom. The van der Waals surface area contributed by atoms with Gasteiger partial charge < -0.3 is 15.8 Å². The Morgan fingerprint density at radius 2 is 1.72 bits per heavy atom. The number of hydrogen-bond donors (Lipinski definition) is 2. The molecule has 0 bridgehead atoms. The molecule has 0 unspecified atom stereocenters. The fourth-order valence-electron chi connectivity index (χ4n) is 3.22. The molecule has 0 aliphatic carbocycles. The first-order valence-corrected chi connectivity index (χ1v) is 9.18. The van der Waals surface area contributed by atoms with Crippen molar-refractivity contribution in [1.82, 2.24) is 10.2 Å². The first-order chi connectivity index (χ1) is 14.1. The summed E-state index contributed by atoms with van der Waals surface area (Å²) < 4.78 is 5.34. The summed E-state index contributed by atoms with van der Waals surface area (Å²) in [5.74, 6) is 1.08. The van der Waals surface area contributed by atoms with Crippen LogP contribution in [-0.4, -0.2) is 23.2 Å². The molecule has 1 amide bonds. The minimum absolute atomic E-state index is 0.220. The molecule has 0 radical (unpaired) electrons. The van der Waals surface area contributed by atoms with E-state index in [0.717, 1.165) is 39.0 Å². The van der Waals surface area contributed by atoms with Crippen molar-refractivity contribution in [2.45, 2.75) is 6.42 Å². The number of amides is 1. The molecule has 3 aromatic carbocycles. The van der Waals surface area contributed by atoms with E-state index in [4.69, 9.17) is 10.5 Å². The Kier molecular flexibility index (Phi) is 5.07. The summed E-state index contributed by atoms with van der Waals surface area (Å²) in [5.41, 5.74) is 8.70. The average molecular weight is 384 g/mol. The van der Waals surface area contributed by atoms with Gasteiger partial charge in [-0.25, -0.2) is 0 Å². The van der Waals surface area contributed by atoms with Crippen LogP contribution in [0.2, 0.25) is 0 Å². The maximum atomic E-state index is 11.1. The van der Waals surface area contributed by atoms with E-state index < -0.39 is 0 Å². The molecule has 1 aromatic heterocycles. The first kappa shape index (κ1) is 18.4. The summed E-state index contributed by atoms with van der Waals surface area (Å²) in [6.07, 6.45) is 0.220. The number of aromatic nitrogens is 2. The fourth-order valence-corrected chi connectivity index (χ4v) is 3.22. The molecule has 29 heavy (non-hydrogen) atoms. The summed E-state index contributed by atoms with van der Waals surface area (Å²) in [4.78, 5) is 11.1. The number of nitrogens with zero attached hydrogens (tertiary/aromatic N) is 2. The Balaban J connectivity index is 1.71. The topological polar surface area (TPSA) is 90.1 Å². The third kappa shape index (κ3) is 4.01. The largest absolute Gasteiger partial charge is 0.497 e. The van der Waals surface area contributed by atoms with Crippen LogP contribution < -0.4 is 15.8 Å². The maximum absolute atomic E-state index is 11.1. The molecular formula is C23H20N4O2. The van der Waals surface area contributed by atoms with E-state index in [1.165, 1.54) is 0 Å². The van der Waals surface area contributed by atoms with E-state index in [1.54, 1.807) is 7.11 Å². The lowest BCUT2D eigenvalue weighted by molar-refractivity contribution is -0.117. The van der Waals surface area contributed by atoms with Gasteiger partial charge in [0.25, 0.3) is 0 Å². The van der Waals surface area contributed by atoms with Crippen LogP contribution in [0.15, 0.2) is 72.8 Å². The van der Waals surface area contributed by atoms with Crippen molar-refractivity contribution in [3.05, 3.63) is 78.4 Å². The monoisotopic (exact) mass is 384 g/mol. The lowest BCUT2D eigenvalue weighted by Crippen LogP contribution is -2.13. The number of hydrogen-bond acceptors (Lipinski definition) is 5. The molecular weight excluding hydrogens is 364 g/mol. The Morgan fingerprint density at radius 3 is 2.45 bits per heavy atom. The summed E-state index contributed by atoms with van der Waals surface area (Å²) in [7, 11) is 1.64. The second-order valence-corrected chi connectivity index (χ2v) is 6.64. The molecule has 144 valence electrons. The van der Waals surface area contributed by atoms with Gasteiger partial charge in [-0.1, -0.05) is 48.5 Å². The van der Waals surface area contributed by atoms with Crippen LogP contribution >= 0.6 is 0 Å². The van der Waals surface area contributed by atoms with Gasteiger partial charge in [0.05, 0.1) is 13.5 Å². The molecule has 0 aliphatic heterocycles. The van der Waals surface area contributed by atoms with E-state index in [0.29, 0.717) is 5.82 Å². The fraction of sp³-hybridized carbons (Fsp3) is 0.0870. The standard InChI is InChI=1S/C23H20N4O2/c1-29-18-6-4-5-16(14-18)22-19-7-2-3-8-20(19)23(27-26-22)25-17-11-9-15(10-12-17)13-21(24)28/h2-12,14H,13H2,1H3,(H2,24,28)(H,25,27). The molecule has 4 aromatic rings. The number of carbonyl (C=O) groups excluding carboxylic acids is 1. The highest BCUT2D eigenvalue weighted by Gasteiger charge is 2.12. The number of benzene rings is 3. The summed E-state index contributed by atoms with van der Waals surface area (Å²) in [6.45, 7) is 0. The molecule has 0 atom stereocenters. The van der Waals surface area contributed by atoms with Crippen LogP contribution in [0.5, 0.6) is 5.75 Å². The van der Waals surface area contributed by atoms with Crippen LogP contribution in [0.25, 0.3) is 22.0 Å². The highest BCUT2D eigenvalue weighted by molar-refractivity contribution is 6.00. The van der Waals surface area contributed by atoms with Crippen molar-refractivity contribution in [1.29, 1.82) is 0 Å². The third-order valence-corrected chi connectivity index (χ3v) is 4.63. The van der Waals surface area contributed by atoms with Crippen LogP contribution in [0.3, 0.4) is 0 Å². The molecule has 4 rings (SSSR count). The van der Waals surface area contributed by atoms with Crippen molar-refractivity contribution < 1.29 is 9.53 Å². The van der Waals surface area contributed by atoms with Gasteiger partial charge in [-0.3, -0.25) is 4.79 Å². The van der Waals surface area contributed by atoms with Crippen molar-refractivity contribution in [2.24, 2.45) is 5.73 Å². The van der Waals surface area contributed by atoms with Crippen LogP contribution in [-0.2, 0) is 11.2 Å². The zero-order valence-electron chi connectivity index (χ0n) is 15.9. The Hall–Kier alpha value is -3.93. The lowest BCUT2D eigenvalue weighted by Gasteiger charge is -2.12. The van der Waals surface area contributed by atoms with Gasteiger partial charge in [0.2, 0.25) is 5.91 Å². The maximum Gasteiger partial charge on any atom is 0.221 e. The molecule has 6 nitrogen and oxygen atoms in total. The zero-order chi connectivity index (χ0) is 20.2. The number of fused-ring (bicyclic) bond motifs is 1. The predicted molar refractivity (Wildman–Crippen MR) is 114 cm³/mol. The molecule has 0 saturated carbocycles. The van der Waals surface area contributed by atoms with Crippen molar-refractivity contribution in [2.75, 3.05) is 12.4 Å². The van der Waals surface area contributed by atoms with Crippen LogP contribution in [0, 0.1) is 0 Å². The third-order valence-electron chi connectivity index (χ3n) is 4.63. The highest BCUT2D eigenvalue weighted by Crippen LogP contribution is 2.32.